The summed E-state index contributed by atoms with van der Waals surface area (Å²) < 4.78 is 49.6. The lowest BCUT2D eigenvalue weighted by Crippen LogP contribution is -2.46. The van der Waals surface area contributed by atoms with Crippen molar-refractivity contribution in [2.45, 2.75) is 24.6 Å². The number of methoxy groups -OCH3 is 2. The lowest BCUT2D eigenvalue weighted by molar-refractivity contribution is -0.137. The smallest absolute Gasteiger partial charge is 0.416 e. The number of nitrogens with one attached hydrogen (secondary N) is 1. The highest BCUT2D eigenvalue weighted by atomic mass is 32.1. The number of nitrogens with zero attached hydrogens (tertiary/aromatic N) is 1. The Morgan fingerprint density at radius 3 is 2.40 bits per heavy atom. The maximum atomic E-state index is 13.0. The molecule has 0 aromatic heterocycles. The second kappa shape index (κ2) is 8.69. The third kappa shape index (κ3) is 4.79. The summed E-state index contributed by atoms with van der Waals surface area (Å²) in [4.78, 5) is 1.88. The Kier molecular flexibility index (Phi) is 6.42. The number of hydrogen-bond donors (Lipinski definition) is 2. The fraction of sp³-hybridized carbons (Fsp3) is 0.381. The molecule has 9 heteroatoms. The van der Waals surface area contributed by atoms with Crippen LogP contribution < -0.4 is 14.8 Å². The summed E-state index contributed by atoms with van der Waals surface area (Å²) in [6.07, 6.45) is -3.93. The van der Waals surface area contributed by atoms with Crippen molar-refractivity contribution in [1.29, 1.82) is 0 Å². The van der Waals surface area contributed by atoms with Gasteiger partial charge in [-0.3, -0.25) is 0 Å². The van der Waals surface area contributed by atoms with E-state index in [1.54, 1.807) is 32.4 Å². The molecule has 1 fully saturated rings. The molecule has 1 saturated heterocycles. The Hall–Kier alpha value is -2.52. The fourth-order valence-corrected chi connectivity index (χ4v) is 3.74. The van der Waals surface area contributed by atoms with Gasteiger partial charge in [-0.15, -0.1) is 0 Å². The summed E-state index contributed by atoms with van der Waals surface area (Å²) in [6.45, 7) is 0.800. The van der Waals surface area contributed by atoms with Crippen LogP contribution in [0.5, 0.6) is 11.5 Å². The minimum atomic E-state index is -4.45. The number of thiocarbonyl (C=S) groups is 1. The van der Waals surface area contributed by atoms with Crippen molar-refractivity contribution < 1.29 is 27.8 Å². The molecule has 0 atom stereocenters. The van der Waals surface area contributed by atoms with Crippen LogP contribution >= 0.6 is 12.2 Å². The van der Waals surface area contributed by atoms with Gasteiger partial charge in [-0.25, -0.2) is 0 Å². The maximum absolute atomic E-state index is 13.0. The van der Waals surface area contributed by atoms with Crippen molar-refractivity contribution in [2.24, 2.45) is 0 Å². The molecule has 0 amide bonds. The van der Waals surface area contributed by atoms with Crippen molar-refractivity contribution in [3.05, 3.63) is 53.6 Å². The summed E-state index contributed by atoms with van der Waals surface area (Å²) in [5.74, 6) is 1.21. The number of benzene rings is 2. The Morgan fingerprint density at radius 1 is 1.10 bits per heavy atom. The molecule has 1 aliphatic heterocycles. The normalized spacial score (nSPS) is 16.1. The number of rotatable bonds is 4. The molecule has 0 unspecified atom stereocenters. The zero-order chi connectivity index (χ0) is 21.9. The number of alkyl halides is 3. The first-order chi connectivity index (χ1) is 14.2. The molecule has 0 aliphatic carbocycles. The van der Waals surface area contributed by atoms with Crippen LogP contribution in [-0.2, 0) is 11.8 Å². The molecular weight excluding hydrogens is 417 g/mol. The molecule has 0 spiro atoms. The Balaban J connectivity index is 1.67. The summed E-state index contributed by atoms with van der Waals surface area (Å²) in [5, 5.41) is 14.5. The first-order valence-corrected chi connectivity index (χ1v) is 9.75. The van der Waals surface area contributed by atoms with Gasteiger partial charge >= 0.3 is 6.18 Å². The molecule has 5 nitrogen and oxygen atoms in total. The molecule has 1 heterocycles. The highest BCUT2D eigenvalue weighted by Gasteiger charge is 2.37. The molecule has 1 aliphatic rings. The van der Waals surface area contributed by atoms with Crippen molar-refractivity contribution in [2.75, 3.05) is 32.6 Å². The number of aliphatic hydroxyl groups is 1. The number of likely N-dealkylation sites (tertiary alicyclic amines) is 1. The molecule has 0 bridgehead atoms. The van der Waals surface area contributed by atoms with Crippen LogP contribution in [0, 0.1) is 0 Å². The Morgan fingerprint density at radius 2 is 1.80 bits per heavy atom. The van der Waals surface area contributed by atoms with Crippen LogP contribution in [0.3, 0.4) is 0 Å². The standard InChI is InChI=1S/C21H23F3N2O3S/c1-28-16-6-7-17(18(13-16)29-2)25-19(30)26-10-8-20(27,9-11-26)14-4-3-5-15(12-14)21(22,23)24/h3-7,12-13,27H,8-11H2,1-2H3,(H,25,30). The van der Waals surface area contributed by atoms with E-state index in [2.05, 4.69) is 5.32 Å². The molecule has 162 valence electrons. The van der Waals surface area contributed by atoms with Crippen molar-refractivity contribution in [3.63, 3.8) is 0 Å². The van der Waals surface area contributed by atoms with Crippen LogP contribution in [0.15, 0.2) is 42.5 Å². The molecule has 2 aromatic rings. The monoisotopic (exact) mass is 440 g/mol. The minimum Gasteiger partial charge on any atom is -0.497 e. The zero-order valence-electron chi connectivity index (χ0n) is 16.6. The van der Waals surface area contributed by atoms with Crippen molar-refractivity contribution in [1.82, 2.24) is 4.90 Å². The van der Waals surface area contributed by atoms with Gasteiger partial charge < -0.3 is 24.8 Å². The van der Waals surface area contributed by atoms with E-state index in [-0.39, 0.29) is 18.4 Å². The van der Waals surface area contributed by atoms with Crippen LogP contribution in [0.25, 0.3) is 0 Å². The number of piperidine rings is 1. The van der Waals surface area contributed by atoms with Gasteiger partial charge in [0.1, 0.15) is 11.5 Å². The Labute approximate surface area is 178 Å². The average molecular weight is 440 g/mol. The third-order valence-corrected chi connectivity index (χ3v) is 5.62. The lowest BCUT2D eigenvalue weighted by Gasteiger charge is -2.39. The molecule has 30 heavy (non-hydrogen) atoms. The summed E-state index contributed by atoms with van der Waals surface area (Å²) >= 11 is 5.48. The highest BCUT2D eigenvalue weighted by molar-refractivity contribution is 7.80. The number of halogens is 3. The Bertz CT molecular complexity index is 913. The fourth-order valence-electron chi connectivity index (χ4n) is 3.45. The highest BCUT2D eigenvalue weighted by Crippen LogP contribution is 2.37. The minimum absolute atomic E-state index is 0.260. The van der Waals surface area contributed by atoms with E-state index in [0.29, 0.717) is 35.4 Å². The van der Waals surface area contributed by atoms with E-state index in [1.165, 1.54) is 12.1 Å². The van der Waals surface area contributed by atoms with Gasteiger partial charge in [-0.05, 0) is 54.9 Å². The predicted octanol–water partition coefficient (Wildman–Crippen LogP) is 4.40. The quantitative estimate of drug-likeness (QED) is 0.688. The van der Waals surface area contributed by atoms with Gasteiger partial charge in [0, 0.05) is 19.2 Å². The topological polar surface area (TPSA) is 54.0 Å². The van der Waals surface area contributed by atoms with Gasteiger partial charge in [0.25, 0.3) is 0 Å². The SMILES string of the molecule is COc1ccc(NC(=S)N2CCC(O)(c3cccc(C(F)(F)F)c3)CC2)c(OC)c1. The van der Waals surface area contributed by atoms with E-state index in [0.717, 1.165) is 12.1 Å². The van der Waals surface area contributed by atoms with Gasteiger partial charge in [0.05, 0.1) is 31.1 Å². The van der Waals surface area contributed by atoms with E-state index in [9.17, 15) is 18.3 Å². The summed E-state index contributed by atoms with van der Waals surface area (Å²) in [7, 11) is 3.10. The number of hydrogen-bond acceptors (Lipinski definition) is 4. The van der Waals surface area contributed by atoms with E-state index >= 15 is 0 Å². The van der Waals surface area contributed by atoms with E-state index in [4.69, 9.17) is 21.7 Å². The lowest BCUT2D eigenvalue weighted by atomic mass is 9.84. The van der Waals surface area contributed by atoms with Gasteiger partial charge in [-0.2, -0.15) is 13.2 Å². The molecule has 2 aromatic carbocycles. The van der Waals surface area contributed by atoms with Gasteiger partial charge in [-0.1, -0.05) is 12.1 Å². The first-order valence-electron chi connectivity index (χ1n) is 9.34. The van der Waals surface area contributed by atoms with E-state index in [1.807, 2.05) is 4.90 Å². The molecule has 0 saturated carbocycles. The van der Waals surface area contributed by atoms with Crippen LogP contribution in [0.1, 0.15) is 24.0 Å². The summed E-state index contributed by atoms with van der Waals surface area (Å²) in [5.41, 5.74) is -1.15. The molecular formula is C21H23F3N2O3S. The van der Waals surface area contributed by atoms with Crippen LogP contribution in [0.2, 0.25) is 0 Å². The first kappa shape index (κ1) is 22.2. The van der Waals surface area contributed by atoms with Crippen molar-refractivity contribution in [3.8, 4) is 11.5 Å². The second-order valence-corrected chi connectivity index (χ2v) is 7.48. The predicted molar refractivity (Wildman–Crippen MR) is 112 cm³/mol. The van der Waals surface area contributed by atoms with Gasteiger partial charge in [0.2, 0.25) is 0 Å². The maximum Gasteiger partial charge on any atom is 0.416 e. The largest absolute Gasteiger partial charge is 0.497 e. The molecule has 2 N–H and O–H groups in total. The number of anilines is 1. The van der Waals surface area contributed by atoms with Crippen LogP contribution in [0.4, 0.5) is 18.9 Å². The zero-order valence-corrected chi connectivity index (χ0v) is 17.4. The summed E-state index contributed by atoms with van der Waals surface area (Å²) in [6, 6.07) is 10.2. The molecule has 3 rings (SSSR count). The third-order valence-electron chi connectivity index (χ3n) is 5.26. The average Bonchev–Trinajstić information content (AvgIpc) is 2.74. The van der Waals surface area contributed by atoms with Gasteiger partial charge in [0.15, 0.2) is 5.11 Å². The number of ether oxygens (including phenoxy) is 2. The second-order valence-electron chi connectivity index (χ2n) is 7.09. The van der Waals surface area contributed by atoms with Crippen molar-refractivity contribution >= 4 is 23.0 Å². The van der Waals surface area contributed by atoms with Crippen LogP contribution in [-0.4, -0.2) is 42.4 Å². The van der Waals surface area contributed by atoms with E-state index < -0.39 is 17.3 Å². The molecule has 0 radical (unpaired) electrons.